The molecule has 0 aliphatic heterocycles. The van der Waals surface area contributed by atoms with E-state index >= 15 is 0 Å². The summed E-state index contributed by atoms with van der Waals surface area (Å²) >= 11 is 3.10. The molecule has 0 aliphatic rings. The number of carbonyl (C=O) groups excluding carboxylic acids is 2. The van der Waals surface area contributed by atoms with E-state index in [1.165, 1.54) is 30.3 Å². The molecule has 0 saturated carbocycles. The number of benzene rings is 2. The number of Topliss-reactive ketones (excluding diaryl/α,β-unsaturated/α-hetero) is 2. The number of alkyl halides is 3. The molecule has 0 aromatic heterocycles. The third-order valence-electron chi connectivity index (χ3n) is 2.80. The summed E-state index contributed by atoms with van der Waals surface area (Å²) in [7, 11) is 0. The Hall–Kier alpha value is -1.95. The van der Waals surface area contributed by atoms with Crippen molar-refractivity contribution < 1.29 is 22.8 Å². The van der Waals surface area contributed by atoms with Crippen molar-refractivity contribution in [3.63, 3.8) is 0 Å². The molecule has 2 rings (SSSR count). The number of hydrogen-bond acceptors (Lipinski definition) is 2. The van der Waals surface area contributed by atoms with E-state index < -0.39 is 28.9 Å². The molecular weight excluding hydrogens is 349 g/mol. The Morgan fingerprint density at radius 2 is 1.29 bits per heavy atom. The topological polar surface area (TPSA) is 34.1 Å². The van der Waals surface area contributed by atoms with Gasteiger partial charge >= 0.3 is 6.18 Å². The molecular formula is C15H8BrF3O2. The molecule has 6 heteroatoms. The third kappa shape index (κ3) is 3.21. The molecule has 0 radical (unpaired) electrons. The molecule has 0 fully saturated rings. The SMILES string of the molecule is O=C(C(=O)c1ccccc1C(F)(F)F)c1ccccc1Br. The fourth-order valence-electron chi connectivity index (χ4n) is 1.82. The number of ketones is 2. The zero-order valence-corrected chi connectivity index (χ0v) is 12.0. The van der Waals surface area contributed by atoms with Crippen molar-refractivity contribution in [1.82, 2.24) is 0 Å². The zero-order valence-electron chi connectivity index (χ0n) is 10.4. The van der Waals surface area contributed by atoms with Gasteiger partial charge in [-0.2, -0.15) is 13.2 Å². The molecule has 2 aromatic rings. The van der Waals surface area contributed by atoms with Gasteiger partial charge in [0, 0.05) is 15.6 Å². The summed E-state index contributed by atoms with van der Waals surface area (Å²) in [6, 6.07) is 10.3. The summed E-state index contributed by atoms with van der Waals surface area (Å²) in [5, 5.41) is 0. The minimum Gasteiger partial charge on any atom is -0.285 e. The van der Waals surface area contributed by atoms with E-state index in [0.717, 1.165) is 12.1 Å². The maximum absolute atomic E-state index is 12.9. The van der Waals surface area contributed by atoms with E-state index in [0.29, 0.717) is 4.47 Å². The van der Waals surface area contributed by atoms with Crippen molar-refractivity contribution in [1.29, 1.82) is 0 Å². The van der Waals surface area contributed by atoms with Crippen molar-refractivity contribution in [2.75, 3.05) is 0 Å². The molecule has 2 nitrogen and oxygen atoms in total. The van der Waals surface area contributed by atoms with Gasteiger partial charge in [-0.25, -0.2) is 0 Å². The van der Waals surface area contributed by atoms with E-state index in [9.17, 15) is 22.8 Å². The van der Waals surface area contributed by atoms with Crippen molar-refractivity contribution in [3.8, 4) is 0 Å². The second-order valence-corrected chi connectivity index (χ2v) is 5.04. The van der Waals surface area contributed by atoms with Gasteiger partial charge < -0.3 is 0 Å². The number of hydrogen-bond donors (Lipinski definition) is 0. The lowest BCUT2D eigenvalue weighted by atomic mass is 9.97. The first kappa shape index (κ1) is 15.4. The second kappa shape index (κ2) is 5.81. The number of rotatable bonds is 3. The number of carbonyl (C=O) groups is 2. The van der Waals surface area contributed by atoms with Crippen LogP contribution in [0.3, 0.4) is 0 Å². The summed E-state index contributed by atoms with van der Waals surface area (Å²) in [4.78, 5) is 24.2. The predicted octanol–water partition coefficient (Wildman–Crippen LogP) is 4.53. The Kier molecular flexibility index (Phi) is 4.27. The van der Waals surface area contributed by atoms with Crippen LogP contribution in [0, 0.1) is 0 Å². The molecule has 0 aliphatic carbocycles. The molecule has 2 aromatic carbocycles. The molecule has 0 spiro atoms. The Bertz CT molecular complexity index is 708. The monoisotopic (exact) mass is 356 g/mol. The Labute approximate surface area is 126 Å². The molecule has 0 N–H and O–H groups in total. The average molecular weight is 357 g/mol. The number of halogens is 4. The van der Waals surface area contributed by atoms with Gasteiger partial charge in [0.05, 0.1) is 5.56 Å². The smallest absolute Gasteiger partial charge is 0.285 e. The zero-order chi connectivity index (χ0) is 15.6. The molecule has 0 heterocycles. The highest BCUT2D eigenvalue weighted by Gasteiger charge is 2.36. The Balaban J connectivity index is 2.47. The van der Waals surface area contributed by atoms with Gasteiger partial charge in [-0.15, -0.1) is 0 Å². The van der Waals surface area contributed by atoms with Gasteiger partial charge in [0.1, 0.15) is 0 Å². The Morgan fingerprint density at radius 1 is 0.810 bits per heavy atom. The minimum atomic E-state index is -4.69. The maximum Gasteiger partial charge on any atom is 0.417 e. The fourth-order valence-corrected chi connectivity index (χ4v) is 2.28. The van der Waals surface area contributed by atoms with Crippen LogP contribution in [0.15, 0.2) is 53.0 Å². The van der Waals surface area contributed by atoms with Crippen LogP contribution in [0.4, 0.5) is 13.2 Å². The van der Waals surface area contributed by atoms with E-state index in [1.807, 2.05) is 0 Å². The summed E-state index contributed by atoms with van der Waals surface area (Å²) in [6.45, 7) is 0. The maximum atomic E-state index is 12.9. The van der Waals surface area contributed by atoms with E-state index in [4.69, 9.17) is 0 Å². The minimum absolute atomic E-state index is 0.0273. The van der Waals surface area contributed by atoms with Crippen LogP contribution < -0.4 is 0 Å². The van der Waals surface area contributed by atoms with Crippen LogP contribution in [0.5, 0.6) is 0 Å². The van der Waals surface area contributed by atoms with Gasteiger partial charge in [-0.3, -0.25) is 9.59 Å². The molecule has 0 amide bonds. The van der Waals surface area contributed by atoms with Crippen LogP contribution in [0.2, 0.25) is 0 Å². The molecule has 0 unspecified atom stereocenters. The lowest BCUT2D eigenvalue weighted by Gasteiger charge is -2.11. The summed E-state index contributed by atoms with van der Waals surface area (Å²) in [6.07, 6.45) is -4.69. The quantitative estimate of drug-likeness (QED) is 0.597. The average Bonchev–Trinajstić information content (AvgIpc) is 2.45. The van der Waals surface area contributed by atoms with Crippen molar-refractivity contribution in [2.24, 2.45) is 0 Å². The summed E-state index contributed by atoms with van der Waals surface area (Å²) in [5.74, 6) is -2.17. The lowest BCUT2D eigenvalue weighted by molar-refractivity contribution is -0.137. The predicted molar refractivity (Wildman–Crippen MR) is 74.2 cm³/mol. The van der Waals surface area contributed by atoms with Gasteiger partial charge in [0.15, 0.2) is 0 Å². The molecule has 108 valence electrons. The van der Waals surface area contributed by atoms with Gasteiger partial charge in [-0.1, -0.05) is 46.3 Å². The second-order valence-electron chi connectivity index (χ2n) is 4.18. The van der Waals surface area contributed by atoms with Crippen molar-refractivity contribution in [2.45, 2.75) is 6.18 Å². The van der Waals surface area contributed by atoms with Crippen LogP contribution in [-0.2, 0) is 6.18 Å². The highest BCUT2D eigenvalue weighted by Crippen LogP contribution is 2.32. The summed E-state index contributed by atoms with van der Waals surface area (Å²) < 4.78 is 39.0. The van der Waals surface area contributed by atoms with Gasteiger partial charge in [0.25, 0.3) is 0 Å². The van der Waals surface area contributed by atoms with Crippen molar-refractivity contribution >= 4 is 27.5 Å². The lowest BCUT2D eigenvalue weighted by Crippen LogP contribution is -2.20. The highest BCUT2D eigenvalue weighted by molar-refractivity contribution is 9.10. The van der Waals surface area contributed by atoms with E-state index in [1.54, 1.807) is 6.07 Å². The van der Waals surface area contributed by atoms with Crippen LogP contribution in [-0.4, -0.2) is 11.6 Å². The first-order valence-corrected chi connectivity index (χ1v) is 6.61. The first-order chi connectivity index (χ1) is 9.82. The van der Waals surface area contributed by atoms with Gasteiger partial charge in [-0.05, 0) is 18.2 Å². The normalized spacial score (nSPS) is 11.2. The van der Waals surface area contributed by atoms with Gasteiger partial charge in [0.2, 0.25) is 11.6 Å². The molecule has 0 saturated heterocycles. The summed E-state index contributed by atoms with van der Waals surface area (Å²) in [5.41, 5.74) is -1.74. The van der Waals surface area contributed by atoms with Crippen LogP contribution in [0.25, 0.3) is 0 Å². The Morgan fingerprint density at radius 3 is 1.86 bits per heavy atom. The first-order valence-electron chi connectivity index (χ1n) is 5.82. The van der Waals surface area contributed by atoms with E-state index in [-0.39, 0.29) is 5.56 Å². The standard InChI is InChI=1S/C15H8BrF3O2/c16-12-8-4-2-6-10(12)14(21)13(20)9-5-1-3-7-11(9)15(17,18)19/h1-8H. The van der Waals surface area contributed by atoms with E-state index in [2.05, 4.69) is 15.9 Å². The van der Waals surface area contributed by atoms with Crippen LogP contribution in [0.1, 0.15) is 26.3 Å². The highest BCUT2D eigenvalue weighted by atomic mass is 79.9. The van der Waals surface area contributed by atoms with Crippen LogP contribution >= 0.6 is 15.9 Å². The molecule has 21 heavy (non-hydrogen) atoms. The molecule has 0 bridgehead atoms. The third-order valence-corrected chi connectivity index (χ3v) is 3.49. The van der Waals surface area contributed by atoms with Crippen molar-refractivity contribution in [3.05, 3.63) is 69.7 Å². The fraction of sp³-hybridized carbons (Fsp3) is 0.0667. The largest absolute Gasteiger partial charge is 0.417 e. The molecule has 0 atom stereocenters.